The first kappa shape index (κ1) is 16.1. The minimum Gasteiger partial charge on any atom is -0.369 e. The summed E-state index contributed by atoms with van der Waals surface area (Å²) in [7, 11) is 0. The number of alkyl halides is 1. The summed E-state index contributed by atoms with van der Waals surface area (Å²) in [6.45, 7) is 11.3. The highest BCUT2D eigenvalue weighted by molar-refractivity contribution is 6.32. The van der Waals surface area contributed by atoms with Gasteiger partial charge in [-0.05, 0) is 44.2 Å². The van der Waals surface area contributed by atoms with Crippen LogP contribution in [0.5, 0.6) is 0 Å². The van der Waals surface area contributed by atoms with Crippen molar-refractivity contribution in [1.29, 1.82) is 0 Å². The molecule has 0 radical (unpaired) electrons. The van der Waals surface area contributed by atoms with E-state index in [4.69, 9.17) is 11.6 Å². The van der Waals surface area contributed by atoms with Crippen LogP contribution in [0, 0.1) is 6.92 Å². The third kappa shape index (κ3) is 4.11. The fourth-order valence-electron chi connectivity index (χ4n) is 2.54. The molecule has 2 rings (SSSR count). The molecular weight excluding hydrogens is 286 g/mol. The number of halogens is 1. The maximum Gasteiger partial charge on any atom is 0.242 e. The van der Waals surface area contributed by atoms with Crippen molar-refractivity contribution in [2.75, 3.05) is 42.9 Å². The molecule has 1 fully saturated rings. The average molecular weight is 310 g/mol. The average Bonchev–Trinajstić information content (AvgIpc) is 2.49. The number of likely N-dealkylation sites (N-methyl/N-ethyl adjacent to an activating group) is 1. The molecule has 1 N–H and O–H groups in total. The first-order chi connectivity index (χ1) is 10.0. The van der Waals surface area contributed by atoms with Crippen molar-refractivity contribution in [3.63, 3.8) is 0 Å². The van der Waals surface area contributed by atoms with Crippen molar-refractivity contribution >= 4 is 28.9 Å². The molecule has 5 heteroatoms. The van der Waals surface area contributed by atoms with Gasteiger partial charge in [-0.15, -0.1) is 11.6 Å². The van der Waals surface area contributed by atoms with Gasteiger partial charge in [-0.1, -0.05) is 6.92 Å². The van der Waals surface area contributed by atoms with Gasteiger partial charge in [0.1, 0.15) is 5.38 Å². The number of aryl methyl sites for hydroxylation is 1. The summed E-state index contributed by atoms with van der Waals surface area (Å²) >= 11 is 5.79. The van der Waals surface area contributed by atoms with Crippen LogP contribution in [0.15, 0.2) is 18.2 Å². The number of hydrogen-bond donors (Lipinski definition) is 1. The van der Waals surface area contributed by atoms with E-state index >= 15 is 0 Å². The zero-order chi connectivity index (χ0) is 15.4. The lowest BCUT2D eigenvalue weighted by molar-refractivity contribution is -0.115. The molecule has 0 aromatic heterocycles. The van der Waals surface area contributed by atoms with Gasteiger partial charge in [0.15, 0.2) is 0 Å². The number of hydrogen-bond acceptors (Lipinski definition) is 3. The summed E-state index contributed by atoms with van der Waals surface area (Å²) in [4.78, 5) is 16.5. The van der Waals surface area contributed by atoms with E-state index in [1.165, 1.54) is 5.69 Å². The summed E-state index contributed by atoms with van der Waals surface area (Å²) in [6, 6.07) is 6.17. The maximum atomic E-state index is 11.7. The van der Waals surface area contributed by atoms with Crippen LogP contribution in [0.2, 0.25) is 0 Å². The lowest BCUT2D eigenvalue weighted by Crippen LogP contribution is -2.46. The fraction of sp³-hybridized carbons (Fsp3) is 0.562. The van der Waals surface area contributed by atoms with Gasteiger partial charge >= 0.3 is 0 Å². The quantitative estimate of drug-likeness (QED) is 0.869. The van der Waals surface area contributed by atoms with E-state index in [2.05, 4.69) is 34.2 Å². The smallest absolute Gasteiger partial charge is 0.242 e. The van der Waals surface area contributed by atoms with E-state index in [0.29, 0.717) is 0 Å². The number of carbonyl (C=O) groups is 1. The van der Waals surface area contributed by atoms with Gasteiger partial charge in [-0.2, -0.15) is 0 Å². The van der Waals surface area contributed by atoms with Gasteiger partial charge in [-0.25, -0.2) is 0 Å². The van der Waals surface area contributed by atoms with Gasteiger partial charge in [0.2, 0.25) is 5.91 Å². The van der Waals surface area contributed by atoms with Crippen molar-refractivity contribution in [3.8, 4) is 0 Å². The SMILES string of the molecule is CCN1CCN(c2ccc(NC(=O)C(C)Cl)c(C)c2)CC1. The van der Waals surface area contributed by atoms with E-state index in [1.807, 2.05) is 13.0 Å². The number of rotatable bonds is 4. The molecule has 0 bridgehead atoms. The Kier molecular flexibility index (Phi) is 5.48. The monoisotopic (exact) mass is 309 g/mol. The number of anilines is 2. The zero-order valence-corrected chi connectivity index (χ0v) is 13.8. The number of carbonyl (C=O) groups excluding carboxylic acids is 1. The summed E-state index contributed by atoms with van der Waals surface area (Å²) in [5, 5.41) is 2.34. The Labute approximate surface area is 132 Å². The predicted octanol–water partition coefficient (Wildman–Crippen LogP) is 2.70. The molecule has 1 aliphatic rings. The largest absolute Gasteiger partial charge is 0.369 e. The molecule has 1 atom stereocenters. The van der Waals surface area contributed by atoms with E-state index < -0.39 is 5.38 Å². The maximum absolute atomic E-state index is 11.7. The van der Waals surface area contributed by atoms with Crippen LogP contribution < -0.4 is 10.2 Å². The molecule has 0 saturated carbocycles. The normalized spacial score (nSPS) is 17.6. The highest BCUT2D eigenvalue weighted by Crippen LogP contribution is 2.24. The summed E-state index contributed by atoms with van der Waals surface area (Å²) in [5.74, 6) is -0.163. The Bertz CT molecular complexity index is 496. The van der Waals surface area contributed by atoms with Crippen molar-refractivity contribution in [2.45, 2.75) is 26.1 Å². The summed E-state index contributed by atoms with van der Waals surface area (Å²) in [6.07, 6.45) is 0. The second-order valence-corrected chi connectivity index (χ2v) is 6.18. The third-order valence-corrected chi connectivity index (χ3v) is 4.21. The molecule has 1 aliphatic heterocycles. The van der Waals surface area contributed by atoms with E-state index in [-0.39, 0.29) is 5.91 Å². The first-order valence-electron chi connectivity index (χ1n) is 7.54. The van der Waals surface area contributed by atoms with Gasteiger partial charge in [-0.3, -0.25) is 4.79 Å². The molecular formula is C16H24ClN3O. The van der Waals surface area contributed by atoms with Crippen LogP contribution in [0.3, 0.4) is 0 Å². The van der Waals surface area contributed by atoms with Gasteiger partial charge in [0, 0.05) is 37.6 Å². The Morgan fingerprint density at radius 1 is 1.33 bits per heavy atom. The number of amides is 1. The number of nitrogens with one attached hydrogen (secondary N) is 1. The van der Waals surface area contributed by atoms with Crippen LogP contribution in [0.25, 0.3) is 0 Å². The van der Waals surface area contributed by atoms with E-state index in [1.54, 1.807) is 6.92 Å². The Hall–Kier alpha value is -1.26. The molecule has 1 heterocycles. The van der Waals surface area contributed by atoms with Crippen LogP contribution >= 0.6 is 11.6 Å². The molecule has 4 nitrogen and oxygen atoms in total. The van der Waals surface area contributed by atoms with Crippen LogP contribution in [0.4, 0.5) is 11.4 Å². The highest BCUT2D eigenvalue weighted by atomic mass is 35.5. The number of piperazine rings is 1. The van der Waals surface area contributed by atoms with E-state index in [0.717, 1.165) is 44.0 Å². The lowest BCUT2D eigenvalue weighted by atomic mass is 10.1. The van der Waals surface area contributed by atoms with Gasteiger partial charge in [0.25, 0.3) is 0 Å². The molecule has 116 valence electrons. The Morgan fingerprint density at radius 2 is 2.00 bits per heavy atom. The number of nitrogens with zero attached hydrogens (tertiary/aromatic N) is 2. The molecule has 1 amide bonds. The van der Waals surface area contributed by atoms with Crippen molar-refractivity contribution in [3.05, 3.63) is 23.8 Å². The minimum absolute atomic E-state index is 0.163. The second-order valence-electron chi connectivity index (χ2n) is 5.53. The van der Waals surface area contributed by atoms with Crippen molar-refractivity contribution < 1.29 is 4.79 Å². The van der Waals surface area contributed by atoms with Gasteiger partial charge < -0.3 is 15.1 Å². The van der Waals surface area contributed by atoms with Gasteiger partial charge in [0.05, 0.1) is 0 Å². The van der Waals surface area contributed by atoms with Crippen molar-refractivity contribution in [2.24, 2.45) is 0 Å². The van der Waals surface area contributed by atoms with E-state index in [9.17, 15) is 4.79 Å². The second kappa shape index (κ2) is 7.14. The highest BCUT2D eigenvalue weighted by Gasteiger charge is 2.17. The first-order valence-corrected chi connectivity index (χ1v) is 7.97. The van der Waals surface area contributed by atoms with Crippen LogP contribution in [0.1, 0.15) is 19.4 Å². The fourth-order valence-corrected chi connectivity index (χ4v) is 2.59. The third-order valence-electron chi connectivity index (χ3n) is 4.01. The molecule has 1 unspecified atom stereocenters. The molecule has 1 aromatic carbocycles. The minimum atomic E-state index is -0.522. The summed E-state index contributed by atoms with van der Waals surface area (Å²) < 4.78 is 0. The molecule has 21 heavy (non-hydrogen) atoms. The van der Waals surface area contributed by atoms with Crippen LogP contribution in [-0.4, -0.2) is 48.9 Å². The lowest BCUT2D eigenvalue weighted by Gasteiger charge is -2.35. The Balaban J connectivity index is 2.04. The van der Waals surface area contributed by atoms with Crippen LogP contribution in [-0.2, 0) is 4.79 Å². The molecule has 0 aliphatic carbocycles. The summed E-state index contributed by atoms with van der Waals surface area (Å²) in [5.41, 5.74) is 3.12. The molecule has 1 saturated heterocycles. The standard InChI is InChI=1S/C16H24ClN3O/c1-4-19-7-9-20(10-8-19)14-5-6-15(12(2)11-14)18-16(21)13(3)17/h5-6,11,13H,4,7-10H2,1-3H3,(H,18,21). The zero-order valence-electron chi connectivity index (χ0n) is 13.0. The topological polar surface area (TPSA) is 35.6 Å². The molecule has 1 aromatic rings. The predicted molar refractivity (Wildman–Crippen MR) is 89.5 cm³/mol. The van der Waals surface area contributed by atoms with Crippen molar-refractivity contribution in [1.82, 2.24) is 4.90 Å². The Morgan fingerprint density at radius 3 is 2.52 bits per heavy atom. The number of benzene rings is 1. The molecule has 0 spiro atoms.